The summed E-state index contributed by atoms with van der Waals surface area (Å²) in [6, 6.07) is 17.7. The number of ether oxygens (including phenoxy) is 1. The fourth-order valence-corrected chi connectivity index (χ4v) is 2.68. The molecule has 4 rings (SSSR count). The first-order chi connectivity index (χ1) is 13.6. The molecule has 0 radical (unpaired) electrons. The van der Waals surface area contributed by atoms with Gasteiger partial charge in [-0.3, -0.25) is 25.5 Å². The predicted octanol–water partition coefficient (Wildman–Crippen LogP) is 2.91. The smallest absolute Gasteiger partial charge is 0.305 e. The molecule has 0 unspecified atom stereocenters. The molecular weight excluding hydrogens is 360 g/mol. The van der Waals surface area contributed by atoms with Gasteiger partial charge in [-0.15, -0.1) is 0 Å². The molecule has 4 aromatic rings. The van der Waals surface area contributed by atoms with Crippen molar-refractivity contribution in [3.63, 3.8) is 0 Å². The van der Waals surface area contributed by atoms with Crippen molar-refractivity contribution in [3.05, 3.63) is 72.1 Å². The number of rotatable bonds is 4. The quantitative estimate of drug-likeness (QED) is 0.475. The van der Waals surface area contributed by atoms with Crippen molar-refractivity contribution in [1.29, 1.82) is 0 Å². The third-order valence-corrected chi connectivity index (χ3v) is 4.15. The van der Waals surface area contributed by atoms with Crippen molar-refractivity contribution in [3.8, 4) is 17.0 Å². The number of hydrazine groups is 1. The highest BCUT2D eigenvalue weighted by Crippen LogP contribution is 2.21. The summed E-state index contributed by atoms with van der Waals surface area (Å²) in [5.41, 5.74) is 6.87. The van der Waals surface area contributed by atoms with Crippen molar-refractivity contribution in [1.82, 2.24) is 21.0 Å². The van der Waals surface area contributed by atoms with E-state index in [0.29, 0.717) is 11.3 Å². The molecule has 0 fully saturated rings. The number of aromatic amines is 1. The van der Waals surface area contributed by atoms with Gasteiger partial charge in [-0.2, -0.15) is 5.10 Å². The third kappa shape index (κ3) is 3.43. The van der Waals surface area contributed by atoms with Crippen LogP contribution in [0.3, 0.4) is 0 Å². The van der Waals surface area contributed by atoms with Crippen LogP contribution < -0.4 is 15.6 Å². The molecule has 0 spiro atoms. The van der Waals surface area contributed by atoms with Crippen molar-refractivity contribution < 1.29 is 18.7 Å². The molecule has 3 N–H and O–H groups in total. The highest BCUT2D eigenvalue weighted by atomic mass is 16.5. The molecule has 8 heteroatoms. The number of benzene rings is 2. The highest BCUT2D eigenvalue weighted by molar-refractivity contribution is 5.99. The van der Waals surface area contributed by atoms with Crippen LogP contribution in [0.2, 0.25) is 0 Å². The number of fused-ring (bicyclic) bond motifs is 1. The number of carbonyl (C=O) groups excluding carboxylic acids is 2. The number of para-hydroxylation sites is 1. The lowest BCUT2D eigenvalue weighted by Crippen LogP contribution is -2.41. The van der Waals surface area contributed by atoms with Crippen LogP contribution >= 0.6 is 0 Å². The van der Waals surface area contributed by atoms with E-state index in [-0.39, 0.29) is 11.5 Å². The Hall–Kier alpha value is -4.07. The summed E-state index contributed by atoms with van der Waals surface area (Å²) < 4.78 is 10.6. The summed E-state index contributed by atoms with van der Waals surface area (Å²) in [7, 11) is 1.59. The van der Waals surface area contributed by atoms with Crippen molar-refractivity contribution >= 4 is 22.8 Å². The van der Waals surface area contributed by atoms with Gasteiger partial charge in [0.2, 0.25) is 0 Å². The fourth-order valence-electron chi connectivity index (χ4n) is 2.68. The maximum atomic E-state index is 12.2. The second-order valence-electron chi connectivity index (χ2n) is 5.95. The van der Waals surface area contributed by atoms with Gasteiger partial charge in [-0.1, -0.05) is 18.2 Å². The Morgan fingerprint density at radius 1 is 1.00 bits per heavy atom. The molecule has 28 heavy (non-hydrogen) atoms. The lowest BCUT2D eigenvalue weighted by molar-refractivity contribution is 0.0830. The summed E-state index contributed by atoms with van der Waals surface area (Å²) >= 11 is 0. The second-order valence-corrected chi connectivity index (χ2v) is 5.95. The molecule has 2 heterocycles. The van der Waals surface area contributed by atoms with Crippen LogP contribution in [0.4, 0.5) is 0 Å². The summed E-state index contributed by atoms with van der Waals surface area (Å²) in [6.07, 6.45) is 0. The number of methoxy groups -OCH3 is 1. The number of hydrogen-bond acceptors (Lipinski definition) is 5. The number of hydrogen-bond donors (Lipinski definition) is 3. The van der Waals surface area contributed by atoms with E-state index in [2.05, 4.69) is 21.0 Å². The molecule has 0 saturated heterocycles. The van der Waals surface area contributed by atoms with Gasteiger partial charge in [0.1, 0.15) is 17.0 Å². The van der Waals surface area contributed by atoms with Crippen LogP contribution in [-0.2, 0) is 0 Å². The average molecular weight is 376 g/mol. The Kier molecular flexibility index (Phi) is 4.51. The van der Waals surface area contributed by atoms with E-state index in [1.165, 1.54) is 0 Å². The molecular formula is C20H16N4O4. The van der Waals surface area contributed by atoms with Crippen LogP contribution in [0.5, 0.6) is 5.75 Å². The lowest BCUT2D eigenvalue weighted by atomic mass is 10.1. The van der Waals surface area contributed by atoms with Crippen molar-refractivity contribution in [2.75, 3.05) is 7.11 Å². The molecule has 0 aliphatic carbocycles. The van der Waals surface area contributed by atoms with E-state index < -0.39 is 11.8 Å². The largest absolute Gasteiger partial charge is 0.497 e. The molecule has 0 aliphatic heterocycles. The number of nitrogens with zero attached hydrogens (tertiary/aromatic N) is 1. The number of H-pyrrole nitrogens is 1. The third-order valence-electron chi connectivity index (χ3n) is 4.15. The second kappa shape index (κ2) is 7.28. The number of nitrogens with one attached hydrogen (secondary N) is 3. The van der Waals surface area contributed by atoms with Crippen LogP contribution in [0.15, 0.2) is 65.1 Å². The van der Waals surface area contributed by atoms with Crippen LogP contribution in [0, 0.1) is 0 Å². The monoisotopic (exact) mass is 376 g/mol. The Morgan fingerprint density at radius 3 is 2.50 bits per heavy atom. The first-order valence-electron chi connectivity index (χ1n) is 8.43. The fraction of sp³-hybridized carbons (Fsp3) is 0.0500. The topological polar surface area (TPSA) is 109 Å². The summed E-state index contributed by atoms with van der Waals surface area (Å²) in [4.78, 5) is 24.4. The van der Waals surface area contributed by atoms with E-state index in [9.17, 15) is 9.59 Å². The van der Waals surface area contributed by atoms with Gasteiger partial charge in [-0.05, 0) is 42.5 Å². The van der Waals surface area contributed by atoms with Gasteiger partial charge < -0.3 is 9.15 Å². The zero-order chi connectivity index (χ0) is 19.5. The van der Waals surface area contributed by atoms with E-state index in [1.807, 2.05) is 30.3 Å². The Balaban J connectivity index is 1.41. The lowest BCUT2D eigenvalue weighted by Gasteiger charge is -2.03. The molecule has 0 aliphatic rings. The summed E-state index contributed by atoms with van der Waals surface area (Å²) in [6.45, 7) is 0. The Bertz CT molecular complexity index is 1110. The SMILES string of the molecule is COc1ccc(-c2cc(C(=O)NNC(=O)c3cc4ccccc4o3)[nH]n2)cc1. The Morgan fingerprint density at radius 2 is 1.75 bits per heavy atom. The maximum Gasteiger partial charge on any atom is 0.305 e. The molecule has 8 nitrogen and oxygen atoms in total. The van der Waals surface area contributed by atoms with Gasteiger partial charge in [-0.25, -0.2) is 0 Å². The minimum atomic E-state index is -0.556. The number of furan rings is 1. The molecule has 2 aromatic carbocycles. The van der Waals surface area contributed by atoms with Gasteiger partial charge >= 0.3 is 5.91 Å². The van der Waals surface area contributed by atoms with Crippen LogP contribution in [0.1, 0.15) is 21.0 Å². The standard InChI is InChI=1S/C20H16N4O4/c1-27-14-8-6-12(7-9-14)15-11-16(22-21-15)19(25)23-24-20(26)18-10-13-4-2-3-5-17(13)28-18/h2-11H,1H3,(H,21,22)(H,23,25)(H,24,26). The zero-order valence-corrected chi connectivity index (χ0v) is 14.9. The normalized spacial score (nSPS) is 10.6. The molecule has 140 valence electrons. The average Bonchev–Trinajstić information content (AvgIpc) is 3.39. The molecule has 2 aromatic heterocycles. The summed E-state index contributed by atoms with van der Waals surface area (Å²) in [5, 5.41) is 7.57. The van der Waals surface area contributed by atoms with Crippen molar-refractivity contribution in [2.24, 2.45) is 0 Å². The zero-order valence-electron chi connectivity index (χ0n) is 14.9. The first kappa shape index (κ1) is 17.3. The summed E-state index contributed by atoms with van der Waals surface area (Å²) in [5.74, 6) is -0.258. The van der Waals surface area contributed by atoms with Gasteiger partial charge in [0.05, 0.1) is 12.8 Å². The van der Waals surface area contributed by atoms with Crippen LogP contribution in [0.25, 0.3) is 22.2 Å². The van der Waals surface area contributed by atoms with Crippen LogP contribution in [-0.4, -0.2) is 29.1 Å². The van der Waals surface area contributed by atoms with E-state index in [1.54, 1.807) is 37.4 Å². The minimum absolute atomic E-state index is 0.102. The molecule has 2 amide bonds. The molecule has 0 bridgehead atoms. The van der Waals surface area contributed by atoms with E-state index in [0.717, 1.165) is 16.7 Å². The number of amides is 2. The minimum Gasteiger partial charge on any atom is -0.497 e. The number of carbonyl (C=O) groups is 2. The highest BCUT2D eigenvalue weighted by Gasteiger charge is 2.15. The Labute approximate surface area is 159 Å². The van der Waals surface area contributed by atoms with Crippen molar-refractivity contribution in [2.45, 2.75) is 0 Å². The predicted molar refractivity (Wildman–Crippen MR) is 102 cm³/mol. The molecule has 0 saturated carbocycles. The first-order valence-corrected chi connectivity index (χ1v) is 8.43. The van der Waals surface area contributed by atoms with Gasteiger partial charge in [0.25, 0.3) is 5.91 Å². The van der Waals surface area contributed by atoms with E-state index >= 15 is 0 Å². The maximum absolute atomic E-state index is 12.2. The van der Waals surface area contributed by atoms with Gasteiger partial charge in [0, 0.05) is 10.9 Å². The number of aromatic nitrogens is 2. The van der Waals surface area contributed by atoms with Gasteiger partial charge in [0.15, 0.2) is 5.76 Å². The molecule has 0 atom stereocenters. The van der Waals surface area contributed by atoms with E-state index in [4.69, 9.17) is 9.15 Å².